The smallest absolute Gasteiger partial charge is 0.185 e. The molecular formula is C18H15FO2. The highest BCUT2D eigenvalue weighted by molar-refractivity contribution is 5.98. The minimum atomic E-state index is -0.276. The minimum Gasteiger partial charge on any atom is -0.452 e. The number of benzene rings is 2. The van der Waals surface area contributed by atoms with Gasteiger partial charge in [0.1, 0.15) is 11.4 Å². The van der Waals surface area contributed by atoms with Gasteiger partial charge in [0.25, 0.3) is 0 Å². The van der Waals surface area contributed by atoms with Gasteiger partial charge in [-0.1, -0.05) is 44.2 Å². The van der Waals surface area contributed by atoms with Crippen LogP contribution in [0.3, 0.4) is 0 Å². The fourth-order valence-corrected chi connectivity index (χ4v) is 2.70. The molecule has 0 bridgehead atoms. The number of carbonyl (C=O) groups excluding carboxylic acids is 1. The number of rotatable bonds is 3. The van der Waals surface area contributed by atoms with E-state index in [9.17, 15) is 9.18 Å². The van der Waals surface area contributed by atoms with Crippen molar-refractivity contribution in [1.82, 2.24) is 0 Å². The normalized spacial score (nSPS) is 11.2. The molecule has 0 spiro atoms. The van der Waals surface area contributed by atoms with E-state index in [1.165, 1.54) is 12.1 Å². The lowest BCUT2D eigenvalue weighted by Gasteiger charge is -2.04. The van der Waals surface area contributed by atoms with Crippen molar-refractivity contribution in [2.45, 2.75) is 19.8 Å². The summed E-state index contributed by atoms with van der Waals surface area (Å²) < 4.78 is 18.8. The largest absolute Gasteiger partial charge is 0.452 e. The highest BCUT2D eigenvalue weighted by Crippen LogP contribution is 2.36. The summed E-state index contributed by atoms with van der Waals surface area (Å²) >= 11 is 0. The van der Waals surface area contributed by atoms with Gasteiger partial charge in [-0.3, -0.25) is 4.79 Å². The number of halogens is 1. The van der Waals surface area contributed by atoms with Crippen LogP contribution in [0.15, 0.2) is 46.9 Å². The monoisotopic (exact) mass is 282 g/mol. The van der Waals surface area contributed by atoms with Gasteiger partial charge in [0.15, 0.2) is 12.0 Å². The van der Waals surface area contributed by atoms with Crippen molar-refractivity contribution in [2.75, 3.05) is 0 Å². The first-order valence-electron chi connectivity index (χ1n) is 6.88. The maximum Gasteiger partial charge on any atom is 0.185 e. The number of fused-ring (bicyclic) bond motifs is 1. The maximum absolute atomic E-state index is 13.1. The second-order valence-electron chi connectivity index (χ2n) is 5.34. The summed E-state index contributed by atoms with van der Waals surface area (Å²) in [6.45, 7) is 4.06. The molecule has 0 fully saturated rings. The fourth-order valence-electron chi connectivity index (χ4n) is 2.70. The highest BCUT2D eigenvalue weighted by Gasteiger charge is 2.18. The molecule has 0 radical (unpaired) electrons. The van der Waals surface area contributed by atoms with Gasteiger partial charge in [-0.25, -0.2) is 4.39 Å². The van der Waals surface area contributed by atoms with Crippen molar-refractivity contribution in [1.29, 1.82) is 0 Å². The van der Waals surface area contributed by atoms with Crippen molar-refractivity contribution in [3.63, 3.8) is 0 Å². The Balaban J connectivity index is 2.30. The zero-order valence-corrected chi connectivity index (χ0v) is 11.9. The first-order valence-corrected chi connectivity index (χ1v) is 6.88. The Morgan fingerprint density at radius 1 is 1.10 bits per heavy atom. The standard InChI is InChI=1S/C18H15FO2/c1-11(2)17-15-5-3-4-14(18(15)21-16(17)10-20)12-6-8-13(19)9-7-12/h3-11H,1-2H3. The average molecular weight is 282 g/mol. The lowest BCUT2D eigenvalue weighted by molar-refractivity contribution is 0.110. The van der Waals surface area contributed by atoms with Gasteiger partial charge in [0, 0.05) is 16.5 Å². The van der Waals surface area contributed by atoms with Crippen LogP contribution in [0, 0.1) is 5.82 Å². The Morgan fingerprint density at radius 3 is 2.43 bits per heavy atom. The van der Waals surface area contributed by atoms with Crippen molar-refractivity contribution in [3.8, 4) is 11.1 Å². The van der Waals surface area contributed by atoms with E-state index in [0.29, 0.717) is 11.3 Å². The van der Waals surface area contributed by atoms with E-state index in [1.807, 2.05) is 32.0 Å². The van der Waals surface area contributed by atoms with Gasteiger partial charge in [-0.05, 0) is 23.6 Å². The van der Waals surface area contributed by atoms with Crippen LogP contribution in [0.1, 0.15) is 35.9 Å². The van der Waals surface area contributed by atoms with E-state index in [1.54, 1.807) is 12.1 Å². The molecule has 2 nitrogen and oxygen atoms in total. The summed E-state index contributed by atoms with van der Waals surface area (Å²) in [5.41, 5.74) is 3.32. The fraction of sp³-hybridized carbons (Fsp3) is 0.167. The molecule has 0 atom stereocenters. The molecule has 21 heavy (non-hydrogen) atoms. The Hall–Kier alpha value is -2.42. The summed E-state index contributed by atoms with van der Waals surface area (Å²) in [5, 5.41) is 0.939. The summed E-state index contributed by atoms with van der Waals surface area (Å²) in [6, 6.07) is 12.1. The third-order valence-corrected chi connectivity index (χ3v) is 3.62. The quantitative estimate of drug-likeness (QED) is 0.620. The molecule has 2 aromatic carbocycles. The third-order valence-electron chi connectivity index (χ3n) is 3.62. The Kier molecular flexibility index (Phi) is 3.34. The predicted molar refractivity (Wildman–Crippen MR) is 81.1 cm³/mol. The average Bonchev–Trinajstić information content (AvgIpc) is 2.86. The van der Waals surface area contributed by atoms with Crippen molar-refractivity contribution in [2.24, 2.45) is 0 Å². The van der Waals surface area contributed by atoms with Crippen LogP contribution in [-0.2, 0) is 0 Å². The van der Waals surface area contributed by atoms with Crippen LogP contribution in [0.2, 0.25) is 0 Å². The topological polar surface area (TPSA) is 30.2 Å². The molecule has 106 valence electrons. The van der Waals surface area contributed by atoms with Crippen LogP contribution >= 0.6 is 0 Å². The predicted octanol–water partition coefficient (Wildman–Crippen LogP) is 5.17. The molecule has 3 heteroatoms. The van der Waals surface area contributed by atoms with Crippen LogP contribution in [0.25, 0.3) is 22.1 Å². The zero-order valence-electron chi connectivity index (χ0n) is 11.9. The number of para-hydroxylation sites is 1. The van der Waals surface area contributed by atoms with Gasteiger partial charge in [0.05, 0.1) is 0 Å². The molecule has 0 N–H and O–H groups in total. The second-order valence-corrected chi connectivity index (χ2v) is 5.34. The van der Waals surface area contributed by atoms with Crippen LogP contribution in [-0.4, -0.2) is 6.29 Å². The van der Waals surface area contributed by atoms with E-state index >= 15 is 0 Å². The van der Waals surface area contributed by atoms with E-state index < -0.39 is 0 Å². The molecule has 3 rings (SSSR count). The van der Waals surface area contributed by atoms with Gasteiger partial charge >= 0.3 is 0 Å². The Bertz CT molecular complexity index is 798. The SMILES string of the molecule is CC(C)c1c(C=O)oc2c(-c3ccc(F)cc3)cccc12. The molecular weight excluding hydrogens is 267 g/mol. The summed E-state index contributed by atoms with van der Waals surface area (Å²) in [6.07, 6.45) is 0.754. The molecule has 0 amide bonds. The molecule has 0 saturated heterocycles. The first kappa shape index (κ1) is 13.6. The van der Waals surface area contributed by atoms with Gasteiger partial charge in [-0.2, -0.15) is 0 Å². The van der Waals surface area contributed by atoms with Gasteiger partial charge in [0.2, 0.25) is 0 Å². The maximum atomic E-state index is 13.1. The lowest BCUT2D eigenvalue weighted by Crippen LogP contribution is -1.90. The number of aldehydes is 1. The van der Waals surface area contributed by atoms with Crippen LogP contribution in [0.5, 0.6) is 0 Å². The van der Waals surface area contributed by atoms with E-state index in [4.69, 9.17) is 4.42 Å². The second kappa shape index (κ2) is 5.17. The third kappa shape index (κ3) is 2.25. The van der Waals surface area contributed by atoms with E-state index in [-0.39, 0.29) is 11.7 Å². The van der Waals surface area contributed by atoms with E-state index in [0.717, 1.165) is 28.4 Å². The van der Waals surface area contributed by atoms with Crippen molar-refractivity contribution < 1.29 is 13.6 Å². The zero-order chi connectivity index (χ0) is 15.0. The molecule has 0 aliphatic rings. The molecule has 0 aliphatic heterocycles. The summed E-state index contributed by atoms with van der Waals surface area (Å²) in [7, 11) is 0. The van der Waals surface area contributed by atoms with Crippen molar-refractivity contribution >= 4 is 17.3 Å². The van der Waals surface area contributed by atoms with Crippen molar-refractivity contribution in [3.05, 3.63) is 59.6 Å². The number of hydrogen-bond donors (Lipinski definition) is 0. The number of hydrogen-bond acceptors (Lipinski definition) is 2. The van der Waals surface area contributed by atoms with Crippen LogP contribution in [0.4, 0.5) is 4.39 Å². The molecule has 0 aliphatic carbocycles. The summed E-state index contributed by atoms with van der Waals surface area (Å²) in [4.78, 5) is 11.3. The molecule has 3 aromatic rings. The van der Waals surface area contributed by atoms with E-state index in [2.05, 4.69) is 0 Å². The highest BCUT2D eigenvalue weighted by atomic mass is 19.1. The molecule has 0 unspecified atom stereocenters. The van der Waals surface area contributed by atoms with Gasteiger partial charge in [-0.15, -0.1) is 0 Å². The number of carbonyl (C=O) groups is 1. The van der Waals surface area contributed by atoms with Gasteiger partial charge < -0.3 is 4.42 Å². The molecule has 1 heterocycles. The number of furan rings is 1. The summed E-state index contributed by atoms with van der Waals surface area (Å²) in [5.74, 6) is 0.284. The lowest BCUT2D eigenvalue weighted by atomic mass is 9.97. The molecule has 1 aromatic heterocycles. The Morgan fingerprint density at radius 2 is 1.81 bits per heavy atom. The first-order chi connectivity index (χ1) is 10.1. The minimum absolute atomic E-state index is 0.190. The van der Waals surface area contributed by atoms with Crippen LogP contribution < -0.4 is 0 Å². The molecule has 0 saturated carbocycles. The Labute approximate surface area is 122 Å².